The van der Waals surface area contributed by atoms with E-state index < -0.39 is 0 Å². The Morgan fingerprint density at radius 2 is 2.00 bits per heavy atom. The van der Waals surface area contributed by atoms with E-state index in [2.05, 4.69) is 16.7 Å². The largest absolute Gasteiger partial charge is 0.383 e. The van der Waals surface area contributed by atoms with Crippen LogP contribution in [-0.2, 0) is 4.74 Å². The van der Waals surface area contributed by atoms with Gasteiger partial charge in [-0.25, -0.2) is 0 Å². The number of hydrogen-bond acceptors (Lipinski definition) is 4. The molecule has 1 unspecified atom stereocenters. The zero-order valence-electron chi connectivity index (χ0n) is 11.5. The SMILES string of the molecule is COCC(C)N1CCCN(CCCCN)CC1. The molecule has 0 amide bonds. The molecule has 0 aromatic rings. The molecule has 102 valence electrons. The van der Waals surface area contributed by atoms with Crippen molar-refractivity contribution in [1.82, 2.24) is 9.80 Å². The molecule has 0 aromatic carbocycles. The van der Waals surface area contributed by atoms with Crippen molar-refractivity contribution < 1.29 is 4.74 Å². The Balaban J connectivity index is 2.24. The van der Waals surface area contributed by atoms with E-state index in [0.717, 1.165) is 19.6 Å². The summed E-state index contributed by atoms with van der Waals surface area (Å²) in [6.07, 6.45) is 3.67. The summed E-state index contributed by atoms with van der Waals surface area (Å²) < 4.78 is 5.23. The quantitative estimate of drug-likeness (QED) is 0.671. The van der Waals surface area contributed by atoms with Gasteiger partial charge in [0.05, 0.1) is 6.61 Å². The van der Waals surface area contributed by atoms with Crippen LogP contribution in [0.1, 0.15) is 26.2 Å². The summed E-state index contributed by atoms with van der Waals surface area (Å²) in [6.45, 7) is 9.94. The van der Waals surface area contributed by atoms with Crippen molar-refractivity contribution in [3.8, 4) is 0 Å². The number of rotatable bonds is 7. The van der Waals surface area contributed by atoms with Crippen LogP contribution in [0.4, 0.5) is 0 Å². The molecule has 4 heteroatoms. The number of hydrogen-bond donors (Lipinski definition) is 1. The van der Waals surface area contributed by atoms with Gasteiger partial charge in [0.1, 0.15) is 0 Å². The summed E-state index contributed by atoms with van der Waals surface area (Å²) >= 11 is 0. The van der Waals surface area contributed by atoms with Crippen molar-refractivity contribution in [2.24, 2.45) is 5.73 Å². The van der Waals surface area contributed by atoms with E-state index in [9.17, 15) is 0 Å². The average molecular weight is 243 g/mol. The zero-order valence-corrected chi connectivity index (χ0v) is 11.5. The third-order valence-corrected chi connectivity index (χ3v) is 3.58. The van der Waals surface area contributed by atoms with Crippen LogP contribution in [0.2, 0.25) is 0 Å². The monoisotopic (exact) mass is 243 g/mol. The second-order valence-corrected chi connectivity index (χ2v) is 5.03. The predicted octanol–water partition coefficient (Wildman–Crippen LogP) is 0.768. The van der Waals surface area contributed by atoms with Gasteiger partial charge in [0.15, 0.2) is 0 Å². The highest BCUT2D eigenvalue weighted by Crippen LogP contribution is 2.08. The molecule has 1 aliphatic heterocycles. The Morgan fingerprint density at radius 1 is 1.18 bits per heavy atom. The first-order valence-corrected chi connectivity index (χ1v) is 6.93. The van der Waals surface area contributed by atoms with Gasteiger partial charge < -0.3 is 15.4 Å². The molecule has 0 saturated carbocycles. The molecule has 0 aromatic heterocycles. The lowest BCUT2D eigenvalue weighted by Crippen LogP contribution is -2.39. The standard InChI is InChI=1S/C13H29N3O/c1-13(12-17-2)16-9-5-8-15(10-11-16)7-4-3-6-14/h13H,3-12,14H2,1-2H3. The molecule has 1 fully saturated rings. The van der Waals surface area contributed by atoms with Gasteiger partial charge >= 0.3 is 0 Å². The minimum Gasteiger partial charge on any atom is -0.383 e. The number of unbranched alkanes of at least 4 members (excludes halogenated alkanes) is 1. The molecule has 17 heavy (non-hydrogen) atoms. The fourth-order valence-corrected chi connectivity index (χ4v) is 2.48. The van der Waals surface area contributed by atoms with Crippen LogP contribution in [0.5, 0.6) is 0 Å². The molecule has 0 bridgehead atoms. The molecule has 2 N–H and O–H groups in total. The minimum absolute atomic E-state index is 0.545. The molecule has 0 radical (unpaired) electrons. The van der Waals surface area contributed by atoms with E-state index >= 15 is 0 Å². The number of methoxy groups -OCH3 is 1. The van der Waals surface area contributed by atoms with Crippen LogP contribution < -0.4 is 5.73 Å². The van der Waals surface area contributed by atoms with Gasteiger partial charge in [0.2, 0.25) is 0 Å². The molecule has 0 aliphatic carbocycles. The highest BCUT2D eigenvalue weighted by Gasteiger charge is 2.18. The first-order chi connectivity index (χ1) is 8.27. The molecule has 1 atom stereocenters. The highest BCUT2D eigenvalue weighted by molar-refractivity contribution is 4.74. The van der Waals surface area contributed by atoms with Crippen LogP contribution in [0, 0.1) is 0 Å². The van der Waals surface area contributed by atoms with Gasteiger partial charge in [-0.15, -0.1) is 0 Å². The van der Waals surface area contributed by atoms with Crippen molar-refractivity contribution in [2.45, 2.75) is 32.2 Å². The number of nitrogens with zero attached hydrogens (tertiary/aromatic N) is 2. The molecule has 1 saturated heterocycles. The lowest BCUT2D eigenvalue weighted by molar-refractivity contribution is 0.101. The molecule has 1 heterocycles. The lowest BCUT2D eigenvalue weighted by Gasteiger charge is -2.27. The topological polar surface area (TPSA) is 41.7 Å². The van der Waals surface area contributed by atoms with Crippen LogP contribution in [0.15, 0.2) is 0 Å². The zero-order chi connectivity index (χ0) is 12.5. The summed E-state index contributed by atoms with van der Waals surface area (Å²) in [5.74, 6) is 0. The normalized spacial score (nSPS) is 21.4. The first kappa shape index (κ1) is 14.9. The van der Waals surface area contributed by atoms with Crippen molar-refractivity contribution in [1.29, 1.82) is 0 Å². The number of ether oxygens (including phenoxy) is 1. The lowest BCUT2D eigenvalue weighted by atomic mass is 10.3. The molecule has 4 nitrogen and oxygen atoms in total. The molecule has 1 aliphatic rings. The van der Waals surface area contributed by atoms with E-state index in [1.165, 1.54) is 45.6 Å². The van der Waals surface area contributed by atoms with Gasteiger partial charge in [-0.2, -0.15) is 0 Å². The van der Waals surface area contributed by atoms with Crippen molar-refractivity contribution >= 4 is 0 Å². The van der Waals surface area contributed by atoms with E-state index in [1.54, 1.807) is 7.11 Å². The number of nitrogens with two attached hydrogens (primary N) is 1. The fourth-order valence-electron chi connectivity index (χ4n) is 2.48. The second-order valence-electron chi connectivity index (χ2n) is 5.03. The van der Waals surface area contributed by atoms with Crippen molar-refractivity contribution in [3.05, 3.63) is 0 Å². The van der Waals surface area contributed by atoms with Crippen LogP contribution in [0.3, 0.4) is 0 Å². The summed E-state index contributed by atoms with van der Waals surface area (Å²) in [7, 11) is 1.79. The Bertz CT molecular complexity index is 190. The third-order valence-electron chi connectivity index (χ3n) is 3.58. The second kappa shape index (κ2) is 8.86. The van der Waals surface area contributed by atoms with E-state index in [0.29, 0.717) is 6.04 Å². The molecular formula is C13H29N3O. The first-order valence-electron chi connectivity index (χ1n) is 6.93. The minimum atomic E-state index is 0.545. The average Bonchev–Trinajstić information content (AvgIpc) is 2.55. The van der Waals surface area contributed by atoms with Gasteiger partial charge in [0.25, 0.3) is 0 Å². The Kier molecular flexibility index (Phi) is 7.77. The van der Waals surface area contributed by atoms with Gasteiger partial charge in [-0.1, -0.05) is 0 Å². The van der Waals surface area contributed by atoms with Gasteiger partial charge in [-0.3, -0.25) is 4.90 Å². The maximum atomic E-state index is 5.53. The Hall–Kier alpha value is -0.160. The Labute approximate surface area is 106 Å². The van der Waals surface area contributed by atoms with Gasteiger partial charge in [-0.05, 0) is 52.4 Å². The van der Waals surface area contributed by atoms with E-state index in [4.69, 9.17) is 10.5 Å². The fraction of sp³-hybridized carbons (Fsp3) is 1.00. The summed E-state index contributed by atoms with van der Waals surface area (Å²) in [6, 6.07) is 0.545. The van der Waals surface area contributed by atoms with Crippen molar-refractivity contribution in [2.75, 3.05) is 53.0 Å². The molecule has 0 spiro atoms. The van der Waals surface area contributed by atoms with E-state index in [1.807, 2.05) is 0 Å². The maximum absolute atomic E-state index is 5.53. The van der Waals surface area contributed by atoms with Gasteiger partial charge in [0, 0.05) is 26.2 Å². The van der Waals surface area contributed by atoms with Crippen LogP contribution >= 0.6 is 0 Å². The maximum Gasteiger partial charge on any atom is 0.0615 e. The van der Waals surface area contributed by atoms with Crippen molar-refractivity contribution in [3.63, 3.8) is 0 Å². The smallest absolute Gasteiger partial charge is 0.0615 e. The molecule has 1 rings (SSSR count). The Morgan fingerprint density at radius 3 is 2.71 bits per heavy atom. The summed E-state index contributed by atoms with van der Waals surface area (Å²) in [4.78, 5) is 5.13. The van der Waals surface area contributed by atoms with Crippen LogP contribution in [0.25, 0.3) is 0 Å². The van der Waals surface area contributed by atoms with Crippen LogP contribution in [-0.4, -0.2) is 68.8 Å². The molecular weight excluding hydrogens is 214 g/mol. The highest BCUT2D eigenvalue weighted by atomic mass is 16.5. The third kappa shape index (κ3) is 5.82. The van der Waals surface area contributed by atoms with E-state index in [-0.39, 0.29) is 0 Å². The predicted molar refractivity (Wildman–Crippen MR) is 72.3 cm³/mol. The summed E-state index contributed by atoms with van der Waals surface area (Å²) in [5.41, 5.74) is 5.53. The summed E-state index contributed by atoms with van der Waals surface area (Å²) in [5, 5.41) is 0.